The summed E-state index contributed by atoms with van der Waals surface area (Å²) in [6.45, 7) is 0. The van der Waals surface area contributed by atoms with Gasteiger partial charge in [0.25, 0.3) is 0 Å². The minimum absolute atomic E-state index is 0.0519. The third-order valence-corrected chi connectivity index (χ3v) is 18.4. The predicted molar refractivity (Wildman–Crippen MR) is 328 cm³/mol. The number of thiophene rings is 2. The maximum Gasteiger partial charge on any atom is 0.0725 e. The van der Waals surface area contributed by atoms with Crippen molar-refractivity contribution < 1.29 is 16.4 Å². The van der Waals surface area contributed by atoms with Crippen LogP contribution in [0.3, 0.4) is 0 Å². The molecule has 3 aromatic heterocycles. The summed E-state index contributed by atoms with van der Waals surface area (Å²) in [7, 11) is 0. The van der Waals surface area contributed by atoms with Crippen molar-refractivity contribution in [2.75, 3.05) is 4.90 Å². The number of hydrogen-bond acceptors (Lipinski definition) is 3. The lowest BCUT2D eigenvalue weighted by Crippen LogP contribution is -2.25. The van der Waals surface area contributed by atoms with E-state index in [9.17, 15) is 8.22 Å². The minimum atomic E-state index is -2.04. The average molecular weight is 1030 g/mol. The Morgan fingerprint density at radius 1 is 0.338 bits per heavy atom. The molecular weight excluding hydrogens is 969 g/mol. The van der Waals surface area contributed by atoms with Gasteiger partial charge in [-0.25, -0.2) is 0 Å². The maximum absolute atomic E-state index is 9.75. The third kappa shape index (κ3) is 6.05. The molecule has 0 radical (unpaired) electrons. The van der Waals surface area contributed by atoms with E-state index in [-0.39, 0.29) is 33.4 Å². The molecule has 0 N–H and O–H groups in total. The van der Waals surface area contributed by atoms with Crippen LogP contribution < -0.4 is 4.90 Å². The Labute approximate surface area is 470 Å². The fourth-order valence-electron chi connectivity index (χ4n) is 12.7. The lowest BCUT2D eigenvalue weighted by atomic mass is 9.70. The van der Waals surface area contributed by atoms with E-state index in [1.807, 2.05) is 30.3 Å². The molecule has 0 amide bonds. The number of aromatic nitrogens is 1. The van der Waals surface area contributed by atoms with Crippen molar-refractivity contribution in [2.45, 2.75) is 5.41 Å². The second kappa shape index (κ2) is 16.3. The topological polar surface area (TPSA) is 8.17 Å². The maximum atomic E-state index is 9.75. The van der Waals surface area contributed by atoms with Crippen molar-refractivity contribution >= 4 is 102 Å². The number of anilines is 3. The molecular formula is C73H44N2S2. The number of rotatable bonds is 6. The Bertz CT molecular complexity index is 5440. The first-order valence-corrected chi connectivity index (χ1v) is 27.1. The zero-order chi connectivity index (χ0) is 60.8. The summed E-state index contributed by atoms with van der Waals surface area (Å²) in [5.41, 5.74) is 7.56. The SMILES string of the molecule is [2H]c1c([2H])c([2H])c2c(c1[2H])-c1cc(-n3c4ccccc4c4ccc(N(c5ccc(-c6cccc7c6sc6ccccc67)cc5)c5ccc(-c6cccc7c6sc6ccccc67)cc5)cc43)ccc1C21c2c([2H])c([2H])c([2H])c([2H])c2-c2c([2H])c([2H])c([2H])c([2H])c21. The smallest absolute Gasteiger partial charge is 0.0725 e. The van der Waals surface area contributed by atoms with Gasteiger partial charge < -0.3 is 9.47 Å². The molecule has 2 aliphatic rings. The van der Waals surface area contributed by atoms with Crippen LogP contribution >= 0.6 is 22.7 Å². The normalized spacial score (nSPS) is 15.2. The van der Waals surface area contributed by atoms with Gasteiger partial charge in [-0.15, -0.1) is 22.7 Å². The van der Waals surface area contributed by atoms with Crippen molar-refractivity contribution in [1.29, 1.82) is 0 Å². The highest BCUT2D eigenvalue weighted by atomic mass is 32.1. The van der Waals surface area contributed by atoms with Gasteiger partial charge in [-0.1, -0.05) is 200 Å². The van der Waals surface area contributed by atoms with E-state index in [0.29, 0.717) is 16.8 Å². The van der Waals surface area contributed by atoms with Crippen LogP contribution in [0.2, 0.25) is 0 Å². The van der Waals surface area contributed by atoms with Crippen molar-refractivity contribution in [3.8, 4) is 50.2 Å². The van der Waals surface area contributed by atoms with Gasteiger partial charge >= 0.3 is 0 Å². The van der Waals surface area contributed by atoms with E-state index in [2.05, 4.69) is 167 Å². The van der Waals surface area contributed by atoms with E-state index < -0.39 is 77.9 Å². The first-order valence-electron chi connectivity index (χ1n) is 31.5. The van der Waals surface area contributed by atoms with Crippen molar-refractivity contribution in [2.24, 2.45) is 0 Å². The quantitative estimate of drug-likeness (QED) is 0.161. The summed E-state index contributed by atoms with van der Waals surface area (Å²) in [5.74, 6) is 0. The Balaban J connectivity index is 0.884. The molecule has 358 valence electrons. The summed E-state index contributed by atoms with van der Waals surface area (Å²) < 4.78 is 118. The Hall–Kier alpha value is -9.32. The molecule has 12 aromatic carbocycles. The van der Waals surface area contributed by atoms with Gasteiger partial charge in [0.05, 0.1) is 32.9 Å². The van der Waals surface area contributed by atoms with Gasteiger partial charge in [-0.3, -0.25) is 0 Å². The summed E-state index contributed by atoms with van der Waals surface area (Å²) in [5, 5.41) is 6.81. The number of fused-ring (bicyclic) bond motifs is 19. The molecule has 3 heterocycles. The van der Waals surface area contributed by atoms with Crippen LogP contribution in [0.5, 0.6) is 0 Å². The molecule has 0 saturated heterocycles. The molecule has 77 heavy (non-hydrogen) atoms. The van der Waals surface area contributed by atoms with Gasteiger partial charge in [-0.05, 0) is 133 Å². The lowest BCUT2D eigenvalue weighted by Gasteiger charge is -2.30. The zero-order valence-corrected chi connectivity index (χ0v) is 42.3. The first kappa shape index (κ1) is 32.9. The standard InChI is InChI=1S/C73H44N2S2/c1-7-25-63-53(15-1)54-16-2-8-26-64(54)73(63)65-27-9-3-17-55(65)62-43-49(40-42-66(62)73)75-67-28-10-4-18-56(67)57-41-39-50(44-68(57)75)74(47-35-31-45(32-36-47)51-21-13-23-60-58-19-5-11-29-69(58)76-71(51)60)48-37-33-46(34-38-48)52-22-14-24-61-59-20-6-12-30-70(59)77-72(52)61/h1-44H/i1D,2D,3D,7D,8D,9D,15D,16D,17D,25D,26D,27D. The van der Waals surface area contributed by atoms with Crippen LogP contribution in [0.15, 0.2) is 267 Å². The largest absolute Gasteiger partial charge is 0.310 e. The molecule has 0 fully saturated rings. The van der Waals surface area contributed by atoms with E-state index in [4.69, 9.17) is 8.22 Å². The van der Waals surface area contributed by atoms with Crippen LogP contribution in [0.1, 0.15) is 38.7 Å². The van der Waals surface area contributed by atoms with Crippen LogP contribution in [0.4, 0.5) is 17.1 Å². The molecule has 4 heteroatoms. The highest BCUT2D eigenvalue weighted by Crippen LogP contribution is 2.63. The second-order valence-electron chi connectivity index (χ2n) is 19.8. The van der Waals surface area contributed by atoms with Gasteiger partial charge in [0.2, 0.25) is 0 Å². The highest BCUT2D eigenvalue weighted by Gasteiger charge is 2.51. The lowest BCUT2D eigenvalue weighted by molar-refractivity contribution is 0.793. The predicted octanol–water partition coefficient (Wildman–Crippen LogP) is 20.7. The average Bonchev–Trinajstić information content (AvgIpc) is 1.48. The Morgan fingerprint density at radius 2 is 0.805 bits per heavy atom. The molecule has 0 aliphatic heterocycles. The fourth-order valence-corrected chi connectivity index (χ4v) is 15.2. The van der Waals surface area contributed by atoms with E-state index in [1.54, 1.807) is 28.7 Å². The fraction of sp³-hybridized carbons (Fsp3) is 0.0137. The van der Waals surface area contributed by atoms with Crippen molar-refractivity contribution in [1.82, 2.24) is 4.57 Å². The van der Waals surface area contributed by atoms with Crippen LogP contribution in [-0.2, 0) is 5.41 Å². The number of para-hydroxylation sites is 1. The van der Waals surface area contributed by atoms with Crippen LogP contribution in [-0.4, -0.2) is 4.57 Å². The molecule has 17 rings (SSSR count). The monoisotopic (exact) mass is 1020 g/mol. The third-order valence-electron chi connectivity index (χ3n) is 16.0. The Kier molecular flexibility index (Phi) is 6.98. The van der Waals surface area contributed by atoms with Crippen LogP contribution in [0, 0.1) is 0 Å². The van der Waals surface area contributed by atoms with E-state index >= 15 is 0 Å². The highest BCUT2D eigenvalue weighted by molar-refractivity contribution is 7.26. The molecule has 0 atom stereocenters. The van der Waals surface area contributed by atoms with Gasteiger partial charge in [0.1, 0.15) is 0 Å². The van der Waals surface area contributed by atoms with Crippen molar-refractivity contribution in [3.63, 3.8) is 0 Å². The summed E-state index contributed by atoms with van der Waals surface area (Å²) in [4.78, 5) is 2.26. The van der Waals surface area contributed by atoms with Gasteiger partial charge in [0, 0.05) is 73.9 Å². The van der Waals surface area contributed by atoms with Gasteiger partial charge in [0.15, 0.2) is 0 Å². The van der Waals surface area contributed by atoms with E-state index in [1.165, 1.54) is 40.3 Å². The first-order chi connectivity index (χ1) is 43.2. The van der Waals surface area contributed by atoms with Crippen LogP contribution in [0.25, 0.3) is 112 Å². The van der Waals surface area contributed by atoms with Crippen molar-refractivity contribution in [3.05, 3.63) is 289 Å². The minimum Gasteiger partial charge on any atom is -0.310 e. The molecule has 0 bridgehead atoms. The number of hydrogen-bond donors (Lipinski definition) is 0. The molecule has 15 aromatic rings. The molecule has 1 spiro atoms. The molecule has 2 nitrogen and oxygen atoms in total. The molecule has 2 aliphatic carbocycles. The second-order valence-corrected chi connectivity index (χ2v) is 21.9. The van der Waals surface area contributed by atoms with Gasteiger partial charge in [-0.2, -0.15) is 0 Å². The number of nitrogens with zero attached hydrogens (tertiary/aromatic N) is 2. The van der Waals surface area contributed by atoms with E-state index in [0.717, 1.165) is 61.1 Å². The Morgan fingerprint density at radius 3 is 1.38 bits per heavy atom. The molecule has 0 saturated carbocycles. The zero-order valence-electron chi connectivity index (χ0n) is 52.7. The summed E-state index contributed by atoms with van der Waals surface area (Å²) in [6, 6.07) is 61.0. The summed E-state index contributed by atoms with van der Waals surface area (Å²) >= 11 is 3.60. The molecule has 0 unspecified atom stereocenters. The number of benzene rings is 12. The summed E-state index contributed by atoms with van der Waals surface area (Å²) in [6.07, 6.45) is 0.